The second kappa shape index (κ2) is 7.16. The van der Waals surface area contributed by atoms with Gasteiger partial charge in [-0.05, 0) is 48.5 Å². The molecule has 3 rings (SSSR count). The van der Waals surface area contributed by atoms with Gasteiger partial charge in [0, 0.05) is 23.5 Å². The molecule has 0 amide bonds. The van der Waals surface area contributed by atoms with Crippen LogP contribution in [0.15, 0.2) is 60.7 Å². The molecular weight excluding hydrogens is 328 g/mol. The Morgan fingerprint density at radius 1 is 0.577 bits per heavy atom. The summed E-state index contributed by atoms with van der Waals surface area (Å²) in [5.41, 5.74) is 12.9. The van der Waals surface area contributed by atoms with Crippen LogP contribution >= 0.6 is 0 Å². The van der Waals surface area contributed by atoms with Gasteiger partial charge in [0.15, 0.2) is 0 Å². The van der Waals surface area contributed by atoms with Gasteiger partial charge < -0.3 is 20.9 Å². The van der Waals surface area contributed by atoms with E-state index in [0.29, 0.717) is 45.5 Å². The zero-order valence-corrected chi connectivity index (χ0v) is 13.6. The van der Waals surface area contributed by atoms with Crippen molar-refractivity contribution in [2.45, 2.75) is 0 Å². The van der Waals surface area contributed by atoms with E-state index in [1.165, 1.54) is 0 Å². The number of ether oxygens (including phenoxy) is 2. The van der Waals surface area contributed by atoms with Gasteiger partial charge in [-0.15, -0.1) is 0 Å². The Balaban J connectivity index is 1.73. The van der Waals surface area contributed by atoms with E-state index in [9.17, 15) is 0 Å². The second-order valence-corrected chi connectivity index (χ2v) is 5.40. The van der Waals surface area contributed by atoms with Crippen LogP contribution in [0.4, 0.5) is 11.4 Å². The van der Waals surface area contributed by atoms with Crippen molar-refractivity contribution in [2.75, 3.05) is 11.5 Å². The van der Waals surface area contributed by atoms with Crippen LogP contribution in [0.25, 0.3) is 0 Å². The van der Waals surface area contributed by atoms with Crippen LogP contribution in [0.2, 0.25) is 0 Å². The van der Waals surface area contributed by atoms with Crippen molar-refractivity contribution in [3.05, 3.63) is 71.8 Å². The van der Waals surface area contributed by atoms with Crippen LogP contribution in [0.5, 0.6) is 23.0 Å². The molecule has 0 saturated carbocycles. The maximum atomic E-state index is 9.01. The van der Waals surface area contributed by atoms with Crippen molar-refractivity contribution >= 4 is 11.4 Å². The average molecular weight is 342 g/mol. The third-order valence-corrected chi connectivity index (χ3v) is 3.59. The Morgan fingerprint density at radius 2 is 0.923 bits per heavy atom. The summed E-state index contributed by atoms with van der Waals surface area (Å²) >= 11 is 0. The van der Waals surface area contributed by atoms with Crippen LogP contribution in [0.3, 0.4) is 0 Å². The Labute approximate surface area is 150 Å². The van der Waals surface area contributed by atoms with E-state index in [4.69, 9.17) is 31.5 Å². The SMILES string of the molecule is N#Cc1cc(Oc2ccc(Oc3ccc(N)c(C#N)c3)cc2)ccc1N. The molecule has 4 N–H and O–H groups in total. The first-order chi connectivity index (χ1) is 12.6. The highest BCUT2D eigenvalue weighted by Crippen LogP contribution is 2.29. The highest BCUT2D eigenvalue weighted by Gasteiger charge is 2.05. The first kappa shape index (κ1) is 16.7. The normalized spacial score (nSPS) is 9.77. The molecular formula is C20H14N4O2. The molecule has 0 spiro atoms. The molecule has 0 unspecified atom stereocenters. The Hall–Kier alpha value is -4.16. The minimum absolute atomic E-state index is 0.360. The molecule has 126 valence electrons. The maximum absolute atomic E-state index is 9.01. The molecule has 0 heterocycles. The number of nitrogens with zero attached hydrogens (tertiary/aromatic N) is 2. The van der Waals surface area contributed by atoms with E-state index >= 15 is 0 Å². The fourth-order valence-electron chi connectivity index (χ4n) is 2.24. The lowest BCUT2D eigenvalue weighted by Gasteiger charge is -2.09. The van der Waals surface area contributed by atoms with Crippen molar-refractivity contribution in [1.82, 2.24) is 0 Å². The average Bonchev–Trinajstić information content (AvgIpc) is 2.66. The van der Waals surface area contributed by atoms with Gasteiger partial charge in [-0.1, -0.05) is 0 Å². The number of hydrogen-bond acceptors (Lipinski definition) is 6. The first-order valence-electron chi connectivity index (χ1n) is 7.64. The summed E-state index contributed by atoms with van der Waals surface area (Å²) in [6.45, 7) is 0. The van der Waals surface area contributed by atoms with E-state index in [1.807, 2.05) is 12.1 Å². The minimum Gasteiger partial charge on any atom is -0.457 e. The molecule has 0 atom stereocenters. The molecule has 3 aromatic carbocycles. The predicted molar refractivity (Wildman–Crippen MR) is 97.7 cm³/mol. The van der Waals surface area contributed by atoms with Crippen LogP contribution in [-0.4, -0.2) is 0 Å². The number of nitrogen functional groups attached to an aromatic ring is 2. The topological polar surface area (TPSA) is 118 Å². The monoisotopic (exact) mass is 342 g/mol. The van der Waals surface area contributed by atoms with Crippen LogP contribution in [-0.2, 0) is 0 Å². The van der Waals surface area contributed by atoms with E-state index < -0.39 is 0 Å². The van der Waals surface area contributed by atoms with Gasteiger partial charge in [0.05, 0.1) is 11.1 Å². The highest BCUT2D eigenvalue weighted by molar-refractivity contribution is 5.58. The molecule has 6 nitrogen and oxygen atoms in total. The molecule has 0 aliphatic heterocycles. The van der Waals surface area contributed by atoms with E-state index in [0.717, 1.165) is 0 Å². The Morgan fingerprint density at radius 3 is 1.27 bits per heavy atom. The van der Waals surface area contributed by atoms with Crippen molar-refractivity contribution in [2.24, 2.45) is 0 Å². The summed E-state index contributed by atoms with van der Waals surface area (Å²) in [7, 11) is 0. The summed E-state index contributed by atoms with van der Waals surface area (Å²) < 4.78 is 11.4. The van der Waals surface area contributed by atoms with Crippen molar-refractivity contribution < 1.29 is 9.47 Å². The largest absolute Gasteiger partial charge is 0.457 e. The zero-order valence-electron chi connectivity index (χ0n) is 13.6. The first-order valence-corrected chi connectivity index (χ1v) is 7.64. The second-order valence-electron chi connectivity index (χ2n) is 5.40. The minimum atomic E-state index is 0.360. The predicted octanol–water partition coefficient (Wildman–Crippen LogP) is 4.18. The lowest BCUT2D eigenvalue weighted by molar-refractivity contribution is 0.469. The van der Waals surface area contributed by atoms with E-state index in [2.05, 4.69) is 0 Å². The molecule has 0 aromatic heterocycles. The number of nitrogens with two attached hydrogens (primary N) is 2. The van der Waals surface area contributed by atoms with Gasteiger partial charge in [-0.3, -0.25) is 0 Å². The molecule has 0 aliphatic rings. The fraction of sp³-hybridized carbons (Fsp3) is 0. The molecule has 6 heteroatoms. The smallest absolute Gasteiger partial charge is 0.128 e. The van der Waals surface area contributed by atoms with Gasteiger partial charge in [0.2, 0.25) is 0 Å². The number of nitriles is 2. The van der Waals surface area contributed by atoms with Crippen LogP contribution in [0.1, 0.15) is 11.1 Å². The lowest BCUT2D eigenvalue weighted by Crippen LogP contribution is -1.92. The summed E-state index contributed by atoms with van der Waals surface area (Å²) in [6.07, 6.45) is 0. The molecule has 0 radical (unpaired) electrons. The number of benzene rings is 3. The van der Waals surface area contributed by atoms with Gasteiger partial charge in [-0.2, -0.15) is 10.5 Å². The van der Waals surface area contributed by atoms with E-state index in [-0.39, 0.29) is 0 Å². The van der Waals surface area contributed by atoms with Crippen molar-refractivity contribution in [3.8, 4) is 35.1 Å². The van der Waals surface area contributed by atoms with Crippen molar-refractivity contribution in [1.29, 1.82) is 10.5 Å². The Kier molecular flexibility index (Phi) is 4.60. The zero-order chi connectivity index (χ0) is 18.5. The highest BCUT2D eigenvalue weighted by atomic mass is 16.5. The fourth-order valence-corrected chi connectivity index (χ4v) is 2.24. The number of hydrogen-bond donors (Lipinski definition) is 2. The van der Waals surface area contributed by atoms with Gasteiger partial charge >= 0.3 is 0 Å². The third-order valence-electron chi connectivity index (χ3n) is 3.59. The van der Waals surface area contributed by atoms with Crippen LogP contribution in [0, 0.1) is 22.7 Å². The van der Waals surface area contributed by atoms with E-state index in [1.54, 1.807) is 60.7 Å². The molecule has 0 fully saturated rings. The van der Waals surface area contributed by atoms with Gasteiger partial charge in [0.1, 0.15) is 35.1 Å². The summed E-state index contributed by atoms with van der Waals surface area (Å²) in [5, 5.41) is 18.0. The third kappa shape index (κ3) is 3.66. The lowest BCUT2D eigenvalue weighted by atomic mass is 10.2. The van der Waals surface area contributed by atoms with Crippen molar-refractivity contribution in [3.63, 3.8) is 0 Å². The number of anilines is 2. The summed E-state index contributed by atoms with van der Waals surface area (Å²) in [5.74, 6) is 2.20. The van der Waals surface area contributed by atoms with Gasteiger partial charge in [0.25, 0.3) is 0 Å². The molecule has 0 saturated heterocycles. The maximum Gasteiger partial charge on any atom is 0.128 e. The molecule has 0 bridgehead atoms. The molecule has 0 aliphatic carbocycles. The summed E-state index contributed by atoms with van der Waals surface area (Å²) in [6, 6.07) is 20.8. The standard InChI is InChI=1S/C20H14N4O2/c21-11-13-9-17(5-7-19(13)23)25-15-1-2-16(4-3-15)26-18-6-8-20(24)14(10-18)12-22/h1-10H,23-24H2. The Bertz CT molecular complexity index is 947. The van der Waals surface area contributed by atoms with Crippen LogP contribution < -0.4 is 20.9 Å². The quantitative estimate of drug-likeness (QED) is 0.687. The molecule has 3 aromatic rings. The number of rotatable bonds is 4. The molecule has 26 heavy (non-hydrogen) atoms. The van der Waals surface area contributed by atoms with Gasteiger partial charge in [-0.25, -0.2) is 0 Å². The summed E-state index contributed by atoms with van der Waals surface area (Å²) in [4.78, 5) is 0.